The van der Waals surface area contributed by atoms with Gasteiger partial charge in [0.15, 0.2) is 11.1 Å². The van der Waals surface area contributed by atoms with Crippen molar-refractivity contribution < 1.29 is 27.5 Å². The average Bonchev–Trinajstić information content (AvgIpc) is 2.68. The van der Waals surface area contributed by atoms with Gasteiger partial charge in [-0.1, -0.05) is 23.4 Å². The van der Waals surface area contributed by atoms with E-state index in [0.29, 0.717) is 17.8 Å². The molecular formula is C17H16ClF3N4O5S. The number of thioether (sulfide) groups is 1. The van der Waals surface area contributed by atoms with Crippen molar-refractivity contribution in [3.63, 3.8) is 0 Å². The first-order valence-electron chi connectivity index (χ1n) is 8.45. The van der Waals surface area contributed by atoms with Gasteiger partial charge in [-0.05, 0) is 25.1 Å². The van der Waals surface area contributed by atoms with E-state index in [0.717, 1.165) is 21.4 Å². The van der Waals surface area contributed by atoms with Crippen LogP contribution >= 0.6 is 23.4 Å². The largest absolute Gasteiger partial charge is 0.452 e. The molecule has 31 heavy (non-hydrogen) atoms. The highest BCUT2D eigenvalue weighted by atomic mass is 35.5. The van der Waals surface area contributed by atoms with Crippen molar-refractivity contribution in [2.45, 2.75) is 24.2 Å². The minimum atomic E-state index is -4.63. The highest BCUT2D eigenvalue weighted by Gasteiger charge is 2.31. The number of esters is 1. The number of nitrogens with zero attached hydrogens (tertiary/aromatic N) is 3. The molecule has 1 aromatic heterocycles. The maximum absolute atomic E-state index is 12.8. The highest BCUT2D eigenvalue weighted by molar-refractivity contribution is 7.99. The van der Waals surface area contributed by atoms with E-state index >= 15 is 0 Å². The smallest absolute Gasteiger partial charge is 0.416 e. The number of alkyl halides is 3. The van der Waals surface area contributed by atoms with E-state index in [2.05, 4.69) is 10.4 Å². The standard InChI is InChI=1S/C17H16ClF3N4O5S/c1-8(13(27)22-11-6-9(17(19,20)21)4-5-10(11)18)30-12(26)7-31-14-15(28)24(2)16(29)25(3)23-14/h4-6,8H,7H2,1-3H3,(H,22,27)/t8-/m0/s1. The SMILES string of the molecule is C[C@H](OC(=O)CSc1nn(C)c(=O)n(C)c1=O)C(=O)Nc1cc(C(F)(F)F)ccc1Cl. The Morgan fingerprint density at radius 3 is 2.55 bits per heavy atom. The van der Waals surface area contributed by atoms with Crippen molar-refractivity contribution in [3.05, 3.63) is 49.6 Å². The lowest BCUT2D eigenvalue weighted by Crippen LogP contribution is -2.39. The second kappa shape index (κ2) is 9.56. The third-order valence-corrected chi connectivity index (χ3v) is 5.09. The molecule has 2 aromatic rings. The van der Waals surface area contributed by atoms with Gasteiger partial charge in [0.2, 0.25) is 0 Å². The number of hydrogen-bond donors (Lipinski definition) is 1. The minimum Gasteiger partial charge on any atom is -0.452 e. The lowest BCUT2D eigenvalue weighted by Gasteiger charge is -2.15. The Kier molecular flexibility index (Phi) is 7.54. The number of nitrogens with one attached hydrogen (secondary N) is 1. The molecule has 0 fully saturated rings. The van der Waals surface area contributed by atoms with Crippen LogP contribution < -0.4 is 16.6 Å². The number of amides is 1. The zero-order chi connectivity index (χ0) is 23.5. The van der Waals surface area contributed by atoms with E-state index in [1.807, 2.05) is 0 Å². The predicted molar refractivity (Wildman–Crippen MR) is 106 cm³/mol. The van der Waals surface area contributed by atoms with Crippen LogP contribution in [0.25, 0.3) is 0 Å². The summed E-state index contributed by atoms with van der Waals surface area (Å²) in [6.07, 6.45) is -6.00. The molecule has 0 spiro atoms. The van der Waals surface area contributed by atoms with Crippen LogP contribution in [0, 0.1) is 0 Å². The molecule has 168 valence electrons. The summed E-state index contributed by atoms with van der Waals surface area (Å²) in [6, 6.07) is 2.40. The second-order valence-corrected chi connectivity index (χ2v) is 7.55. The van der Waals surface area contributed by atoms with Gasteiger partial charge in [-0.15, -0.1) is 0 Å². The summed E-state index contributed by atoms with van der Waals surface area (Å²) in [6.45, 7) is 1.21. The first-order chi connectivity index (χ1) is 14.3. The van der Waals surface area contributed by atoms with E-state index in [9.17, 15) is 32.3 Å². The maximum atomic E-state index is 12.8. The van der Waals surface area contributed by atoms with Crippen LogP contribution in [-0.4, -0.2) is 38.1 Å². The number of carbonyl (C=O) groups is 2. The highest BCUT2D eigenvalue weighted by Crippen LogP contribution is 2.33. The molecular weight excluding hydrogens is 465 g/mol. The molecule has 2 rings (SSSR count). The molecule has 0 saturated carbocycles. The van der Waals surface area contributed by atoms with E-state index in [4.69, 9.17) is 16.3 Å². The van der Waals surface area contributed by atoms with Crippen LogP contribution in [0.2, 0.25) is 5.02 Å². The van der Waals surface area contributed by atoms with Crippen LogP contribution in [0.15, 0.2) is 32.8 Å². The Labute approximate surface area is 182 Å². The third-order valence-electron chi connectivity index (χ3n) is 3.85. The van der Waals surface area contributed by atoms with Crippen LogP contribution in [0.1, 0.15) is 12.5 Å². The fraction of sp³-hybridized carbons (Fsp3) is 0.353. The van der Waals surface area contributed by atoms with Gasteiger partial charge in [-0.25, -0.2) is 9.48 Å². The van der Waals surface area contributed by atoms with Crippen LogP contribution in [0.4, 0.5) is 18.9 Å². The summed E-state index contributed by atoms with van der Waals surface area (Å²) in [4.78, 5) is 47.7. The number of aryl methyl sites for hydroxylation is 1. The van der Waals surface area contributed by atoms with Gasteiger partial charge < -0.3 is 10.1 Å². The summed E-state index contributed by atoms with van der Waals surface area (Å²) in [5.41, 5.74) is -2.65. The first-order valence-corrected chi connectivity index (χ1v) is 9.82. The van der Waals surface area contributed by atoms with Crippen molar-refractivity contribution in [2.75, 3.05) is 11.1 Å². The second-order valence-electron chi connectivity index (χ2n) is 6.18. The van der Waals surface area contributed by atoms with E-state index in [-0.39, 0.29) is 15.7 Å². The molecule has 14 heteroatoms. The molecule has 9 nitrogen and oxygen atoms in total. The molecule has 1 aromatic carbocycles. The Hall–Kier alpha value is -2.80. The molecule has 1 amide bonds. The number of anilines is 1. The van der Waals surface area contributed by atoms with Crippen molar-refractivity contribution in [3.8, 4) is 0 Å². The predicted octanol–water partition coefficient (Wildman–Crippen LogP) is 1.81. The van der Waals surface area contributed by atoms with Gasteiger partial charge in [-0.2, -0.15) is 18.3 Å². The lowest BCUT2D eigenvalue weighted by molar-refractivity contribution is -0.150. The van der Waals surface area contributed by atoms with Crippen LogP contribution in [-0.2, 0) is 34.6 Å². The number of rotatable bonds is 6. The van der Waals surface area contributed by atoms with Crippen molar-refractivity contribution >= 4 is 40.9 Å². The summed E-state index contributed by atoms with van der Waals surface area (Å²) in [7, 11) is 2.58. The molecule has 0 aliphatic heterocycles. The van der Waals surface area contributed by atoms with Crippen LogP contribution in [0.5, 0.6) is 0 Å². The van der Waals surface area contributed by atoms with E-state index in [1.165, 1.54) is 21.0 Å². The number of benzene rings is 1. The zero-order valence-electron chi connectivity index (χ0n) is 16.3. The molecule has 0 unspecified atom stereocenters. The van der Waals surface area contributed by atoms with E-state index < -0.39 is 46.7 Å². The molecule has 0 saturated heterocycles. The number of ether oxygens (including phenoxy) is 1. The number of aromatic nitrogens is 3. The minimum absolute atomic E-state index is 0.130. The first kappa shape index (κ1) is 24.5. The topological polar surface area (TPSA) is 112 Å². The molecule has 1 N–H and O–H groups in total. The quantitative estimate of drug-likeness (QED) is 0.495. The molecule has 1 atom stereocenters. The fourth-order valence-electron chi connectivity index (χ4n) is 2.20. The monoisotopic (exact) mass is 480 g/mol. The molecule has 0 aliphatic rings. The number of halogens is 4. The van der Waals surface area contributed by atoms with Crippen molar-refractivity contribution in [2.24, 2.45) is 14.1 Å². The van der Waals surface area contributed by atoms with Gasteiger partial charge in [-0.3, -0.25) is 19.0 Å². The molecule has 0 bridgehead atoms. The summed E-state index contributed by atoms with van der Waals surface area (Å²) in [5, 5.41) is 5.66. The summed E-state index contributed by atoms with van der Waals surface area (Å²) < 4.78 is 45.1. The van der Waals surface area contributed by atoms with Crippen LogP contribution in [0.3, 0.4) is 0 Å². The van der Waals surface area contributed by atoms with Gasteiger partial charge in [0, 0.05) is 14.1 Å². The maximum Gasteiger partial charge on any atom is 0.416 e. The van der Waals surface area contributed by atoms with E-state index in [1.54, 1.807) is 0 Å². The fourth-order valence-corrected chi connectivity index (χ4v) is 3.13. The summed E-state index contributed by atoms with van der Waals surface area (Å²) >= 11 is 6.51. The Balaban J connectivity index is 2.00. The Morgan fingerprint density at radius 1 is 1.29 bits per heavy atom. The van der Waals surface area contributed by atoms with Crippen molar-refractivity contribution in [1.82, 2.24) is 14.3 Å². The number of carbonyl (C=O) groups excluding carboxylic acids is 2. The zero-order valence-corrected chi connectivity index (χ0v) is 17.9. The number of hydrogen-bond acceptors (Lipinski definition) is 7. The Morgan fingerprint density at radius 2 is 1.94 bits per heavy atom. The van der Waals surface area contributed by atoms with Crippen molar-refractivity contribution in [1.29, 1.82) is 0 Å². The van der Waals surface area contributed by atoms with Gasteiger partial charge >= 0.3 is 17.8 Å². The van der Waals surface area contributed by atoms with Gasteiger partial charge in [0.05, 0.1) is 22.0 Å². The molecule has 0 aliphatic carbocycles. The average molecular weight is 481 g/mol. The van der Waals surface area contributed by atoms with Gasteiger partial charge in [0.1, 0.15) is 0 Å². The third kappa shape index (κ3) is 6.10. The lowest BCUT2D eigenvalue weighted by atomic mass is 10.2. The Bertz CT molecular complexity index is 1130. The molecule has 1 heterocycles. The summed E-state index contributed by atoms with van der Waals surface area (Å²) in [5.74, 6) is -2.20. The normalized spacial score (nSPS) is 12.4. The van der Waals surface area contributed by atoms with Gasteiger partial charge in [0.25, 0.3) is 11.5 Å². The molecule has 0 radical (unpaired) electrons.